The molecule has 0 bridgehead atoms. The van der Waals surface area contributed by atoms with Crippen LogP contribution in [0.15, 0.2) is 53.5 Å². The van der Waals surface area contributed by atoms with Crippen molar-refractivity contribution in [3.05, 3.63) is 65.5 Å². The molecule has 0 aromatic heterocycles. The van der Waals surface area contributed by atoms with E-state index in [4.69, 9.17) is 9.73 Å². The van der Waals surface area contributed by atoms with Crippen molar-refractivity contribution < 1.29 is 17.5 Å². The van der Waals surface area contributed by atoms with Crippen LogP contribution in [0.5, 0.6) is 0 Å². The van der Waals surface area contributed by atoms with Crippen molar-refractivity contribution in [1.29, 1.82) is 0 Å². The van der Waals surface area contributed by atoms with E-state index >= 15 is 0 Å². The molecule has 1 saturated heterocycles. The van der Waals surface area contributed by atoms with Crippen LogP contribution in [0, 0.1) is 5.82 Å². The van der Waals surface area contributed by atoms with Crippen LogP contribution in [-0.2, 0) is 21.3 Å². The molecule has 1 aliphatic heterocycles. The van der Waals surface area contributed by atoms with Crippen molar-refractivity contribution in [2.75, 3.05) is 30.6 Å². The Kier molecular flexibility index (Phi) is 9.71. The molecule has 0 radical (unpaired) electrons. The Morgan fingerprint density at radius 1 is 1.19 bits per heavy atom. The molecule has 0 spiro atoms. The number of nitrogens with zero attached hydrogens (tertiary/aromatic N) is 2. The van der Waals surface area contributed by atoms with E-state index < -0.39 is 10.0 Å². The van der Waals surface area contributed by atoms with Gasteiger partial charge in [0.05, 0.1) is 31.1 Å². The van der Waals surface area contributed by atoms with Crippen LogP contribution >= 0.6 is 24.0 Å². The molecule has 3 rings (SSSR count). The Morgan fingerprint density at radius 2 is 1.88 bits per heavy atom. The normalized spacial score (nSPS) is 19.2. The van der Waals surface area contributed by atoms with Crippen LogP contribution in [0.3, 0.4) is 0 Å². The highest BCUT2D eigenvalue weighted by Gasteiger charge is 2.28. The van der Waals surface area contributed by atoms with Crippen molar-refractivity contribution >= 4 is 45.6 Å². The third-order valence-electron chi connectivity index (χ3n) is 4.85. The van der Waals surface area contributed by atoms with Gasteiger partial charge in [-0.15, -0.1) is 24.0 Å². The van der Waals surface area contributed by atoms with Gasteiger partial charge in [0.2, 0.25) is 10.0 Å². The summed E-state index contributed by atoms with van der Waals surface area (Å²) in [5.74, 6) is 0.444. The number of morpholine rings is 1. The predicted octanol–water partition coefficient (Wildman–Crippen LogP) is 3.74. The summed E-state index contributed by atoms with van der Waals surface area (Å²) in [7, 11) is -3.38. The first-order valence-corrected chi connectivity index (χ1v) is 12.1. The third kappa shape index (κ3) is 7.59. The fraction of sp³-hybridized carbons (Fsp3) is 0.409. The molecule has 0 amide bonds. The number of halogens is 2. The molecule has 0 aliphatic carbocycles. The van der Waals surface area contributed by atoms with E-state index in [2.05, 4.69) is 14.9 Å². The summed E-state index contributed by atoms with van der Waals surface area (Å²) >= 11 is 0. The van der Waals surface area contributed by atoms with E-state index in [1.807, 2.05) is 26.0 Å². The van der Waals surface area contributed by atoms with Gasteiger partial charge in [0.1, 0.15) is 11.9 Å². The second kappa shape index (κ2) is 11.8. The Bertz CT molecular complexity index is 1020. The number of anilines is 1. The number of para-hydroxylation sites is 1. The lowest BCUT2D eigenvalue weighted by Gasteiger charge is -2.38. The quantitative estimate of drug-likeness (QED) is 0.311. The molecule has 32 heavy (non-hydrogen) atoms. The average Bonchev–Trinajstić information content (AvgIpc) is 2.71. The molecule has 1 fully saturated rings. The highest BCUT2D eigenvalue weighted by Crippen LogP contribution is 2.26. The van der Waals surface area contributed by atoms with Crippen molar-refractivity contribution in [2.24, 2.45) is 4.99 Å². The zero-order valence-corrected chi connectivity index (χ0v) is 21.6. The highest BCUT2D eigenvalue weighted by atomic mass is 127. The Labute approximate surface area is 206 Å². The van der Waals surface area contributed by atoms with Gasteiger partial charge in [-0.1, -0.05) is 30.3 Å². The van der Waals surface area contributed by atoms with Crippen molar-refractivity contribution in [1.82, 2.24) is 10.2 Å². The van der Waals surface area contributed by atoms with E-state index in [-0.39, 0.29) is 42.0 Å². The fourth-order valence-electron chi connectivity index (χ4n) is 3.53. The minimum Gasteiger partial charge on any atom is -0.367 e. The van der Waals surface area contributed by atoms with E-state index in [1.165, 1.54) is 12.1 Å². The number of aliphatic imine (C=N–C) groups is 1. The number of ether oxygens (including phenoxy) is 1. The predicted molar refractivity (Wildman–Crippen MR) is 136 cm³/mol. The van der Waals surface area contributed by atoms with Crippen LogP contribution in [0.1, 0.15) is 31.1 Å². The van der Waals surface area contributed by atoms with Crippen molar-refractivity contribution in [3.8, 4) is 0 Å². The topological polar surface area (TPSA) is 83.0 Å². The summed E-state index contributed by atoms with van der Waals surface area (Å²) in [6, 6.07) is 13.6. The first-order chi connectivity index (χ1) is 14.7. The lowest BCUT2D eigenvalue weighted by atomic mass is 10.1. The van der Waals surface area contributed by atoms with Gasteiger partial charge in [-0.3, -0.25) is 4.72 Å². The van der Waals surface area contributed by atoms with E-state index in [1.54, 1.807) is 24.3 Å². The maximum absolute atomic E-state index is 13.3. The Balaban J connectivity index is 0.00000363. The van der Waals surface area contributed by atoms with Crippen molar-refractivity contribution in [2.45, 2.75) is 32.6 Å². The van der Waals surface area contributed by atoms with Gasteiger partial charge in [-0.25, -0.2) is 17.8 Å². The molecule has 2 atom stereocenters. The zero-order valence-electron chi connectivity index (χ0n) is 18.4. The fourth-order valence-corrected chi connectivity index (χ4v) is 4.13. The van der Waals surface area contributed by atoms with E-state index in [0.717, 1.165) is 23.3 Å². The maximum atomic E-state index is 13.3. The van der Waals surface area contributed by atoms with Gasteiger partial charge in [0.15, 0.2) is 5.96 Å². The molecule has 7 nitrogen and oxygen atoms in total. The van der Waals surface area contributed by atoms with Crippen LogP contribution < -0.4 is 10.0 Å². The molecular formula is C22H30FIN4O3S. The van der Waals surface area contributed by atoms with Crippen molar-refractivity contribution in [3.63, 3.8) is 0 Å². The van der Waals surface area contributed by atoms with E-state index in [0.29, 0.717) is 31.9 Å². The molecule has 2 unspecified atom stereocenters. The smallest absolute Gasteiger partial charge is 0.229 e. The summed E-state index contributed by atoms with van der Waals surface area (Å²) in [6.45, 7) is 6.23. The second-order valence-electron chi connectivity index (χ2n) is 7.59. The number of hydrogen-bond donors (Lipinski definition) is 2. The summed E-state index contributed by atoms with van der Waals surface area (Å²) in [5, 5.41) is 3.31. The van der Waals surface area contributed by atoms with Gasteiger partial charge >= 0.3 is 0 Å². The molecule has 2 aromatic rings. The molecule has 10 heteroatoms. The Hall–Kier alpha value is -1.92. The number of guanidine groups is 1. The molecule has 0 saturated carbocycles. The summed E-state index contributed by atoms with van der Waals surface area (Å²) in [4.78, 5) is 6.88. The average molecular weight is 576 g/mol. The van der Waals surface area contributed by atoms with E-state index in [9.17, 15) is 12.8 Å². The van der Waals surface area contributed by atoms with Crippen LogP contribution in [-0.4, -0.2) is 51.3 Å². The Morgan fingerprint density at radius 3 is 2.53 bits per heavy atom. The maximum Gasteiger partial charge on any atom is 0.229 e. The number of benzene rings is 2. The van der Waals surface area contributed by atoms with Crippen LogP contribution in [0.4, 0.5) is 10.1 Å². The first kappa shape index (κ1) is 26.3. The lowest BCUT2D eigenvalue weighted by Crippen LogP contribution is -2.50. The number of sulfonamides is 1. The standard InChI is InChI=1S/C22H29FN4O3S.HI/c1-4-24-22(25-13-18-7-5-6-8-20(18)26-31(3,28)29)27-14-16(2)30-21(15-27)17-9-11-19(23)12-10-17;/h5-12,16,21,26H,4,13-15H2,1-3H3,(H,24,25);1H. The highest BCUT2D eigenvalue weighted by molar-refractivity contribution is 14.0. The number of rotatable bonds is 6. The van der Waals surface area contributed by atoms with Gasteiger partial charge in [-0.05, 0) is 43.2 Å². The summed E-state index contributed by atoms with van der Waals surface area (Å²) in [5.41, 5.74) is 2.21. The monoisotopic (exact) mass is 576 g/mol. The number of hydrogen-bond acceptors (Lipinski definition) is 4. The molecule has 2 N–H and O–H groups in total. The minimum absolute atomic E-state index is 0. The number of nitrogens with one attached hydrogen (secondary N) is 2. The SMILES string of the molecule is CCNC(=NCc1ccccc1NS(C)(=O)=O)N1CC(C)OC(c2ccc(F)cc2)C1.I. The van der Waals surface area contributed by atoms with Crippen LogP contribution in [0.2, 0.25) is 0 Å². The first-order valence-electron chi connectivity index (χ1n) is 10.2. The molecule has 1 heterocycles. The van der Waals surface area contributed by atoms with Gasteiger partial charge in [0.25, 0.3) is 0 Å². The molecular weight excluding hydrogens is 546 g/mol. The summed E-state index contributed by atoms with van der Waals surface area (Å²) < 4.78 is 45.3. The molecule has 2 aromatic carbocycles. The summed E-state index contributed by atoms with van der Waals surface area (Å²) in [6.07, 6.45) is 0.890. The molecule has 176 valence electrons. The lowest BCUT2D eigenvalue weighted by molar-refractivity contribution is -0.0605. The van der Waals surface area contributed by atoms with Crippen LogP contribution in [0.25, 0.3) is 0 Å². The zero-order chi connectivity index (χ0) is 22.4. The van der Waals surface area contributed by atoms with Gasteiger partial charge in [-0.2, -0.15) is 0 Å². The van der Waals surface area contributed by atoms with Gasteiger partial charge < -0.3 is 15.0 Å². The minimum atomic E-state index is -3.38. The van der Waals surface area contributed by atoms with Gasteiger partial charge in [0, 0.05) is 13.1 Å². The molecule has 1 aliphatic rings. The largest absolute Gasteiger partial charge is 0.367 e. The second-order valence-corrected chi connectivity index (χ2v) is 9.34. The third-order valence-corrected chi connectivity index (χ3v) is 5.44.